The number of hydrogen-bond acceptors (Lipinski definition) is 2. The lowest BCUT2D eigenvalue weighted by atomic mass is 9.88. The summed E-state index contributed by atoms with van der Waals surface area (Å²) in [6.45, 7) is 1.58. The van der Waals surface area contributed by atoms with E-state index in [0.29, 0.717) is 5.56 Å². The Hall–Kier alpha value is -1.56. The zero-order chi connectivity index (χ0) is 14.8. The van der Waals surface area contributed by atoms with Gasteiger partial charge in [0.2, 0.25) is 0 Å². The number of amides is 1. The summed E-state index contributed by atoms with van der Waals surface area (Å²) in [6, 6.07) is 3.65. The van der Waals surface area contributed by atoms with E-state index < -0.39 is 17.6 Å². The Morgan fingerprint density at radius 1 is 1.25 bits per heavy atom. The van der Waals surface area contributed by atoms with Crippen LogP contribution in [0.15, 0.2) is 18.2 Å². The quantitative estimate of drug-likeness (QED) is 0.877. The van der Waals surface area contributed by atoms with Crippen molar-refractivity contribution in [2.75, 3.05) is 20.1 Å². The Morgan fingerprint density at radius 2 is 1.90 bits per heavy atom. The zero-order valence-corrected chi connectivity index (χ0v) is 11.2. The van der Waals surface area contributed by atoms with E-state index in [9.17, 15) is 18.0 Å². The standard InChI is InChI=1S/C14H17F3N2O/c1-18-13(20)11-6-10(9-2-4-19-5-3-9)7-12(8-11)14(15,16)17/h6-9,19H,2-5H2,1H3,(H,18,20). The summed E-state index contributed by atoms with van der Waals surface area (Å²) >= 11 is 0. The Morgan fingerprint density at radius 3 is 2.45 bits per heavy atom. The Bertz CT molecular complexity index is 494. The highest BCUT2D eigenvalue weighted by Crippen LogP contribution is 2.34. The maximum Gasteiger partial charge on any atom is 0.416 e. The van der Waals surface area contributed by atoms with Gasteiger partial charge in [0, 0.05) is 12.6 Å². The van der Waals surface area contributed by atoms with E-state index in [1.807, 2.05) is 0 Å². The lowest BCUT2D eigenvalue weighted by Crippen LogP contribution is -2.27. The highest BCUT2D eigenvalue weighted by Gasteiger charge is 2.32. The molecule has 0 spiro atoms. The van der Waals surface area contributed by atoms with Gasteiger partial charge < -0.3 is 10.6 Å². The molecule has 2 rings (SSSR count). The minimum atomic E-state index is -4.44. The van der Waals surface area contributed by atoms with Crippen LogP contribution >= 0.6 is 0 Å². The van der Waals surface area contributed by atoms with E-state index in [4.69, 9.17) is 0 Å². The van der Waals surface area contributed by atoms with Crippen LogP contribution in [0.1, 0.15) is 40.2 Å². The molecule has 0 aliphatic carbocycles. The van der Waals surface area contributed by atoms with Gasteiger partial charge in [-0.2, -0.15) is 13.2 Å². The second-order valence-electron chi connectivity index (χ2n) is 4.94. The Kier molecular flexibility index (Phi) is 4.32. The second kappa shape index (κ2) is 5.83. The van der Waals surface area contributed by atoms with E-state index in [2.05, 4.69) is 10.6 Å². The lowest BCUT2D eigenvalue weighted by molar-refractivity contribution is -0.137. The van der Waals surface area contributed by atoms with Crippen molar-refractivity contribution in [3.63, 3.8) is 0 Å². The molecule has 0 aromatic heterocycles. The average molecular weight is 286 g/mol. The van der Waals surface area contributed by atoms with Crippen LogP contribution in [0.4, 0.5) is 13.2 Å². The molecule has 1 fully saturated rings. The van der Waals surface area contributed by atoms with Gasteiger partial charge in [0.25, 0.3) is 5.91 Å². The number of piperidine rings is 1. The first kappa shape index (κ1) is 14.8. The molecule has 1 amide bonds. The van der Waals surface area contributed by atoms with Crippen LogP contribution in [0.5, 0.6) is 0 Å². The van der Waals surface area contributed by atoms with Gasteiger partial charge in [0.15, 0.2) is 0 Å². The third-order valence-corrected chi connectivity index (χ3v) is 3.58. The average Bonchev–Trinajstić information content (AvgIpc) is 2.46. The molecule has 1 saturated heterocycles. The van der Waals surface area contributed by atoms with Crippen LogP contribution < -0.4 is 10.6 Å². The van der Waals surface area contributed by atoms with Crippen molar-refractivity contribution >= 4 is 5.91 Å². The van der Waals surface area contributed by atoms with Crippen LogP contribution in [-0.2, 0) is 6.18 Å². The molecule has 2 N–H and O–H groups in total. The van der Waals surface area contributed by atoms with Crippen molar-refractivity contribution in [1.82, 2.24) is 10.6 Å². The van der Waals surface area contributed by atoms with Gasteiger partial charge in [-0.25, -0.2) is 0 Å². The smallest absolute Gasteiger partial charge is 0.355 e. The van der Waals surface area contributed by atoms with Gasteiger partial charge in [0.05, 0.1) is 5.56 Å². The molecular weight excluding hydrogens is 269 g/mol. The highest BCUT2D eigenvalue weighted by atomic mass is 19.4. The molecule has 1 heterocycles. The minimum absolute atomic E-state index is 0.0656. The van der Waals surface area contributed by atoms with Crippen molar-refractivity contribution in [3.8, 4) is 0 Å². The van der Waals surface area contributed by atoms with Crippen LogP contribution in [0, 0.1) is 0 Å². The van der Waals surface area contributed by atoms with Crippen LogP contribution in [0.25, 0.3) is 0 Å². The third-order valence-electron chi connectivity index (χ3n) is 3.58. The normalized spacial score (nSPS) is 17.0. The summed E-state index contributed by atoms with van der Waals surface area (Å²) in [5.74, 6) is -0.423. The molecular formula is C14H17F3N2O. The zero-order valence-electron chi connectivity index (χ0n) is 11.2. The van der Waals surface area contributed by atoms with E-state index in [1.54, 1.807) is 6.07 Å². The molecule has 1 aromatic carbocycles. The number of hydrogen-bond donors (Lipinski definition) is 2. The Balaban J connectivity index is 2.42. The van der Waals surface area contributed by atoms with Crippen molar-refractivity contribution in [2.45, 2.75) is 24.9 Å². The van der Waals surface area contributed by atoms with Crippen molar-refractivity contribution in [2.24, 2.45) is 0 Å². The van der Waals surface area contributed by atoms with Crippen LogP contribution in [-0.4, -0.2) is 26.0 Å². The first-order valence-corrected chi connectivity index (χ1v) is 6.57. The number of carbonyl (C=O) groups is 1. The van der Waals surface area contributed by atoms with Gasteiger partial charge in [-0.3, -0.25) is 4.79 Å². The maximum absolute atomic E-state index is 12.9. The predicted molar refractivity (Wildman–Crippen MR) is 69.7 cm³/mol. The first-order chi connectivity index (χ1) is 9.41. The monoisotopic (exact) mass is 286 g/mol. The van der Waals surface area contributed by atoms with Gasteiger partial charge in [-0.05, 0) is 55.6 Å². The summed E-state index contributed by atoms with van der Waals surface area (Å²) in [6.07, 6.45) is -2.87. The molecule has 0 unspecified atom stereocenters. The number of benzene rings is 1. The molecule has 20 heavy (non-hydrogen) atoms. The van der Waals surface area contributed by atoms with E-state index in [-0.39, 0.29) is 11.5 Å². The van der Waals surface area contributed by atoms with E-state index in [1.165, 1.54) is 13.1 Å². The molecule has 3 nitrogen and oxygen atoms in total. The molecule has 0 atom stereocenters. The SMILES string of the molecule is CNC(=O)c1cc(C2CCNCC2)cc(C(F)(F)F)c1. The van der Waals surface area contributed by atoms with Gasteiger partial charge in [-0.15, -0.1) is 0 Å². The number of nitrogens with one attached hydrogen (secondary N) is 2. The minimum Gasteiger partial charge on any atom is -0.355 e. The molecule has 0 radical (unpaired) electrons. The molecule has 0 bridgehead atoms. The largest absolute Gasteiger partial charge is 0.416 e. The predicted octanol–water partition coefficient (Wildman–Crippen LogP) is 2.53. The fraction of sp³-hybridized carbons (Fsp3) is 0.500. The lowest BCUT2D eigenvalue weighted by Gasteiger charge is -2.24. The third kappa shape index (κ3) is 3.30. The number of carbonyl (C=O) groups excluding carboxylic acids is 1. The first-order valence-electron chi connectivity index (χ1n) is 6.57. The molecule has 110 valence electrons. The summed E-state index contributed by atoms with van der Waals surface area (Å²) in [7, 11) is 1.41. The molecule has 0 saturated carbocycles. The van der Waals surface area contributed by atoms with Gasteiger partial charge in [-0.1, -0.05) is 0 Å². The molecule has 1 aliphatic heterocycles. The fourth-order valence-electron chi connectivity index (χ4n) is 2.48. The number of halogens is 3. The summed E-state index contributed by atoms with van der Waals surface area (Å²) in [5.41, 5.74) is -0.0945. The van der Waals surface area contributed by atoms with Gasteiger partial charge >= 0.3 is 6.18 Å². The molecule has 6 heteroatoms. The van der Waals surface area contributed by atoms with Crippen molar-refractivity contribution < 1.29 is 18.0 Å². The number of rotatable bonds is 2. The van der Waals surface area contributed by atoms with Crippen LogP contribution in [0.2, 0.25) is 0 Å². The van der Waals surface area contributed by atoms with Gasteiger partial charge in [0.1, 0.15) is 0 Å². The fourth-order valence-corrected chi connectivity index (χ4v) is 2.48. The van der Waals surface area contributed by atoms with Crippen molar-refractivity contribution in [1.29, 1.82) is 0 Å². The topological polar surface area (TPSA) is 41.1 Å². The Labute approximate surface area is 115 Å². The molecule has 1 aromatic rings. The van der Waals surface area contributed by atoms with E-state index >= 15 is 0 Å². The maximum atomic E-state index is 12.9. The van der Waals surface area contributed by atoms with Crippen LogP contribution in [0.3, 0.4) is 0 Å². The molecule has 1 aliphatic rings. The summed E-state index contributed by atoms with van der Waals surface area (Å²) in [4.78, 5) is 11.6. The highest BCUT2D eigenvalue weighted by molar-refractivity contribution is 5.94. The van der Waals surface area contributed by atoms with Crippen molar-refractivity contribution in [3.05, 3.63) is 34.9 Å². The summed E-state index contributed by atoms with van der Waals surface area (Å²) in [5, 5.41) is 5.55. The number of alkyl halides is 3. The van der Waals surface area contributed by atoms with E-state index in [0.717, 1.165) is 32.0 Å². The second-order valence-corrected chi connectivity index (χ2v) is 4.94. The summed E-state index contributed by atoms with van der Waals surface area (Å²) < 4.78 is 38.8.